The molecule has 1 amide bonds. The minimum atomic E-state index is -0.610. The molecule has 1 aromatic carbocycles. The SMILES string of the molecule is CC(C)(C)OC(=O)Nc1cc(C=O)c(O)c(C(C)(C)C)c1. The molecule has 0 aliphatic carbocycles. The summed E-state index contributed by atoms with van der Waals surface area (Å²) in [6.45, 7) is 11.0. The lowest BCUT2D eigenvalue weighted by Crippen LogP contribution is -2.27. The Morgan fingerprint density at radius 3 is 2.19 bits per heavy atom. The average molecular weight is 293 g/mol. The van der Waals surface area contributed by atoms with Crippen LogP contribution in [-0.4, -0.2) is 23.1 Å². The molecule has 0 radical (unpaired) electrons. The molecular formula is C16H23NO4. The molecule has 2 N–H and O–H groups in total. The summed E-state index contributed by atoms with van der Waals surface area (Å²) in [6.07, 6.45) is -0.0462. The molecule has 116 valence electrons. The Labute approximate surface area is 125 Å². The average Bonchev–Trinajstić information content (AvgIpc) is 2.27. The molecule has 0 aliphatic heterocycles. The number of anilines is 1. The number of aromatic hydroxyl groups is 1. The molecule has 0 saturated heterocycles. The van der Waals surface area contributed by atoms with Gasteiger partial charge in [0.1, 0.15) is 11.4 Å². The number of nitrogens with one attached hydrogen (secondary N) is 1. The maximum absolute atomic E-state index is 11.8. The first-order valence-corrected chi connectivity index (χ1v) is 6.77. The molecule has 0 aliphatic rings. The molecule has 0 saturated carbocycles. The summed E-state index contributed by atoms with van der Waals surface area (Å²) in [4.78, 5) is 22.9. The lowest BCUT2D eigenvalue weighted by atomic mass is 9.85. The van der Waals surface area contributed by atoms with E-state index in [4.69, 9.17) is 4.74 Å². The van der Waals surface area contributed by atoms with Gasteiger partial charge in [-0.15, -0.1) is 0 Å². The quantitative estimate of drug-likeness (QED) is 0.641. The highest BCUT2D eigenvalue weighted by atomic mass is 16.6. The lowest BCUT2D eigenvalue weighted by molar-refractivity contribution is 0.0635. The fourth-order valence-electron chi connectivity index (χ4n) is 1.81. The minimum absolute atomic E-state index is 0.0627. The van der Waals surface area contributed by atoms with Crippen molar-refractivity contribution in [3.05, 3.63) is 23.3 Å². The van der Waals surface area contributed by atoms with E-state index in [1.54, 1.807) is 26.8 Å². The first-order valence-electron chi connectivity index (χ1n) is 6.77. The Balaban J connectivity index is 3.15. The smallest absolute Gasteiger partial charge is 0.412 e. The molecule has 0 unspecified atom stereocenters. The van der Waals surface area contributed by atoms with Crippen molar-refractivity contribution >= 4 is 18.1 Å². The zero-order valence-corrected chi connectivity index (χ0v) is 13.4. The van der Waals surface area contributed by atoms with Crippen molar-refractivity contribution in [3.63, 3.8) is 0 Å². The molecule has 0 spiro atoms. The fourth-order valence-corrected chi connectivity index (χ4v) is 1.81. The molecule has 1 aromatic rings. The molecule has 0 heterocycles. The van der Waals surface area contributed by atoms with Gasteiger partial charge < -0.3 is 9.84 Å². The third kappa shape index (κ3) is 4.77. The van der Waals surface area contributed by atoms with Gasteiger partial charge in [0.15, 0.2) is 6.29 Å². The van der Waals surface area contributed by atoms with E-state index in [2.05, 4.69) is 5.32 Å². The van der Waals surface area contributed by atoms with E-state index in [-0.39, 0.29) is 16.7 Å². The van der Waals surface area contributed by atoms with E-state index < -0.39 is 11.7 Å². The normalized spacial score (nSPS) is 11.9. The van der Waals surface area contributed by atoms with Gasteiger partial charge in [-0.05, 0) is 38.3 Å². The van der Waals surface area contributed by atoms with Gasteiger partial charge >= 0.3 is 6.09 Å². The van der Waals surface area contributed by atoms with Crippen LogP contribution in [0, 0.1) is 0 Å². The standard InChI is InChI=1S/C16H23NO4/c1-15(2,3)12-8-11(7-10(9-18)13(12)19)17-14(20)21-16(4,5)6/h7-9,19H,1-6H3,(H,17,20). The Morgan fingerprint density at radius 1 is 1.19 bits per heavy atom. The van der Waals surface area contributed by atoms with Gasteiger partial charge in [0.05, 0.1) is 5.56 Å². The highest BCUT2D eigenvalue weighted by Crippen LogP contribution is 2.35. The molecule has 1 rings (SSSR count). The predicted molar refractivity (Wildman–Crippen MR) is 82.1 cm³/mol. The van der Waals surface area contributed by atoms with Crippen molar-refractivity contribution in [2.24, 2.45) is 0 Å². The number of amides is 1. The van der Waals surface area contributed by atoms with Crippen molar-refractivity contribution in [2.75, 3.05) is 5.32 Å². The summed E-state index contributed by atoms with van der Waals surface area (Å²) in [5.74, 6) is -0.0627. The van der Waals surface area contributed by atoms with Crippen molar-refractivity contribution in [1.82, 2.24) is 0 Å². The van der Waals surface area contributed by atoms with E-state index in [1.165, 1.54) is 6.07 Å². The van der Waals surface area contributed by atoms with Crippen LogP contribution < -0.4 is 5.32 Å². The van der Waals surface area contributed by atoms with Gasteiger partial charge in [0.2, 0.25) is 0 Å². The van der Waals surface area contributed by atoms with Crippen LogP contribution in [0.25, 0.3) is 0 Å². The van der Waals surface area contributed by atoms with E-state index >= 15 is 0 Å². The van der Waals surface area contributed by atoms with Crippen molar-refractivity contribution < 1.29 is 19.4 Å². The van der Waals surface area contributed by atoms with Gasteiger partial charge in [-0.25, -0.2) is 4.79 Å². The number of hydrogen-bond acceptors (Lipinski definition) is 4. The predicted octanol–water partition coefficient (Wildman–Crippen LogP) is 3.85. The van der Waals surface area contributed by atoms with E-state index in [0.29, 0.717) is 17.5 Å². The van der Waals surface area contributed by atoms with Crippen molar-refractivity contribution in [1.29, 1.82) is 0 Å². The first-order chi connectivity index (χ1) is 9.44. The second kappa shape index (κ2) is 5.76. The number of phenolic OH excluding ortho intramolecular Hbond substituents is 1. The molecule has 0 bridgehead atoms. The minimum Gasteiger partial charge on any atom is -0.507 e. The Bertz CT molecular complexity index is 551. The monoisotopic (exact) mass is 293 g/mol. The number of carbonyl (C=O) groups excluding carboxylic acids is 2. The van der Waals surface area contributed by atoms with E-state index in [9.17, 15) is 14.7 Å². The number of rotatable bonds is 2. The number of hydrogen-bond donors (Lipinski definition) is 2. The Hall–Kier alpha value is -2.04. The zero-order valence-electron chi connectivity index (χ0n) is 13.4. The maximum atomic E-state index is 11.8. The van der Waals surface area contributed by atoms with Gasteiger partial charge in [-0.1, -0.05) is 20.8 Å². The van der Waals surface area contributed by atoms with Crippen molar-refractivity contribution in [2.45, 2.75) is 52.6 Å². The zero-order chi connectivity index (χ0) is 16.4. The highest BCUT2D eigenvalue weighted by Gasteiger charge is 2.22. The Morgan fingerprint density at radius 2 is 1.76 bits per heavy atom. The number of ether oxygens (including phenoxy) is 1. The second-order valence-electron chi connectivity index (χ2n) is 6.96. The lowest BCUT2D eigenvalue weighted by Gasteiger charge is -2.23. The molecule has 21 heavy (non-hydrogen) atoms. The van der Waals surface area contributed by atoms with Crippen LogP contribution in [0.5, 0.6) is 5.75 Å². The first kappa shape index (κ1) is 17.0. The van der Waals surface area contributed by atoms with Crippen LogP contribution >= 0.6 is 0 Å². The number of phenols is 1. The number of carbonyl (C=O) groups is 2. The molecule has 0 fully saturated rings. The summed E-state index contributed by atoms with van der Waals surface area (Å²) in [7, 11) is 0. The molecule has 0 atom stereocenters. The van der Waals surface area contributed by atoms with Gasteiger partial charge in [-0.2, -0.15) is 0 Å². The third-order valence-electron chi connectivity index (χ3n) is 2.72. The summed E-state index contributed by atoms with van der Waals surface area (Å²) >= 11 is 0. The second-order valence-corrected chi connectivity index (χ2v) is 6.96. The molecule has 0 aromatic heterocycles. The largest absolute Gasteiger partial charge is 0.507 e. The van der Waals surface area contributed by atoms with Crippen LogP contribution in [0.1, 0.15) is 57.5 Å². The van der Waals surface area contributed by atoms with E-state index in [1.807, 2.05) is 20.8 Å². The van der Waals surface area contributed by atoms with Crippen molar-refractivity contribution in [3.8, 4) is 5.75 Å². The third-order valence-corrected chi connectivity index (χ3v) is 2.72. The summed E-state index contributed by atoms with van der Waals surface area (Å²) in [5, 5.41) is 12.7. The Kier molecular flexibility index (Phi) is 4.66. The summed E-state index contributed by atoms with van der Waals surface area (Å²) in [6, 6.07) is 3.06. The van der Waals surface area contributed by atoms with Crippen LogP contribution in [0.15, 0.2) is 12.1 Å². The summed E-state index contributed by atoms with van der Waals surface area (Å²) in [5.41, 5.74) is 0.148. The van der Waals surface area contributed by atoms with E-state index in [0.717, 1.165) is 0 Å². The summed E-state index contributed by atoms with van der Waals surface area (Å²) < 4.78 is 5.17. The van der Waals surface area contributed by atoms with Crippen LogP contribution in [0.2, 0.25) is 0 Å². The fraction of sp³-hybridized carbons (Fsp3) is 0.500. The number of aldehydes is 1. The van der Waals surface area contributed by atoms with Crippen LogP contribution in [0.3, 0.4) is 0 Å². The maximum Gasteiger partial charge on any atom is 0.412 e. The highest BCUT2D eigenvalue weighted by molar-refractivity contribution is 5.89. The molecule has 5 nitrogen and oxygen atoms in total. The van der Waals surface area contributed by atoms with Gasteiger partial charge in [0, 0.05) is 11.3 Å². The van der Waals surface area contributed by atoms with Gasteiger partial charge in [-0.3, -0.25) is 10.1 Å². The topological polar surface area (TPSA) is 75.6 Å². The van der Waals surface area contributed by atoms with Crippen LogP contribution in [-0.2, 0) is 10.2 Å². The number of benzene rings is 1. The van der Waals surface area contributed by atoms with Gasteiger partial charge in [0.25, 0.3) is 0 Å². The molecular weight excluding hydrogens is 270 g/mol. The molecule has 5 heteroatoms. The van der Waals surface area contributed by atoms with Crippen LogP contribution in [0.4, 0.5) is 10.5 Å².